The molecule has 3 N–H and O–H groups in total. The number of hydrogen-bond donors (Lipinski definition) is 3. The van der Waals surface area contributed by atoms with Gasteiger partial charge in [-0.3, -0.25) is 9.59 Å². The molecule has 0 fully saturated rings. The van der Waals surface area contributed by atoms with Crippen LogP contribution >= 0.6 is 11.6 Å². The van der Waals surface area contributed by atoms with E-state index >= 15 is 0 Å². The highest BCUT2D eigenvalue weighted by Gasteiger charge is 2.04. The maximum absolute atomic E-state index is 11.3. The molecule has 0 saturated heterocycles. The number of aliphatic hydroxyl groups is 1. The van der Waals surface area contributed by atoms with Crippen molar-refractivity contribution < 1.29 is 14.7 Å². The quantitative estimate of drug-likeness (QED) is 0.715. The third-order valence-electron chi connectivity index (χ3n) is 1.72. The third kappa shape index (κ3) is 4.29. The summed E-state index contributed by atoms with van der Waals surface area (Å²) in [5.41, 5.74) is 0.590. The molecule has 0 aliphatic carbocycles. The van der Waals surface area contributed by atoms with Crippen LogP contribution in [0.25, 0.3) is 0 Å². The van der Waals surface area contributed by atoms with E-state index in [9.17, 15) is 9.59 Å². The lowest BCUT2D eigenvalue weighted by Crippen LogP contribution is -2.34. The van der Waals surface area contributed by atoms with Crippen LogP contribution in [0.15, 0.2) is 24.3 Å². The molecule has 0 bridgehead atoms. The van der Waals surface area contributed by atoms with Crippen molar-refractivity contribution in [1.82, 2.24) is 5.32 Å². The summed E-state index contributed by atoms with van der Waals surface area (Å²) >= 11 is 5.67. The van der Waals surface area contributed by atoms with Gasteiger partial charge in [-0.15, -0.1) is 0 Å². The Labute approximate surface area is 97.4 Å². The Morgan fingerprint density at radius 1 is 1.19 bits per heavy atom. The van der Waals surface area contributed by atoms with Crippen LogP contribution in [0.1, 0.15) is 0 Å². The zero-order valence-electron chi connectivity index (χ0n) is 8.37. The number of nitrogens with one attached hydrogen (secondary N) is 2. The van der Waals surface area contributed by atoms with Crippen molar-refractivity contribution in [2.45, 2.75) is 0 Å². The number of hydrogen-bond acceptors (Lipinski definition) is 3. The fourth-order valence-electron chi connectivity index (χ4n) is 0.973. The Bertz CT molecular complexity index is 378. The van der Waals surface area contributed by atoms with Crippen LogP contribution in [0.4, 0.5) is 5.69 Å². The van der Waals surface area contributed by atoms with Crippen LogP contribution in [0.5, 0.6) is 0 Å². The van der Waals surface area contributed by atoms with E-state index in [0.717, 1.165) is 0 Å². The van der Waals surface area contributed by atoms with Gasteiger partial charge in [-0.05, 0) is 24.3 Å². The van der Waals surface area contributed by atoms with Gasteiger partial charge >= 0.3 is 0 Å². The highest BCUT2D eigenvalue weighted by Crippen LogP contribution is 2.12. The minimum atomic E-state index is -0.631. The molecule has 86 valence electrons. The Hall–Kier alpha value is -1.59. The zero-order valence-corrected chi connectivity index (χ0v) is 9.12. The fraction of sp³-hybridized carbons (Fsp3) is 0.200. The van der Waals surface area contributed by atoms with Crippen molar-refractivity contribution in [3.8, 4) is 0 Å². The van der Waals surface area contributed by atoms with Gasteiger partial charge in [0.2, 0.25) is 11.8 Å². The van der Waals surface area contributed by atoms with Gasteiger partial charge < -0.3 is 15.7 Å². The average Bonchev–Trinajstić information content (AvgIpc) is 2.29. The van der Waals surface area contributed by atoms with Gasteiger partial charge in [0.05, 0.1) is 6.54 Å². The monoisotopic (exact) mass is 242 g/mol. The molecule has 1 aromatic carbocycles. The van der Waals surface area contributed by atoms with E-state index in [4.69, 9.17) is 16.7 Å². The number of carbonyl (C=O) groups excluding carboxylic acids is 2. The summed E-state index contributed by atoms with van der Waals surface area (Å²) < 4.78 is 0. The number of anilines is 1. The third-order valence-corrected chi connectivity index (χ3v) is 1.97. The molecule has 0 atom stereocenters. The number of halogens is 1. The van der Waals surface area contributed by atoms with Crippen molar-refractivity contribution >= 4 is 29.1 Å². The lowest BCUT2D eigenvalue weighted by molar-refractivity contribution is -0.126. The Morgan fingerprint density at radius 2 is 1.81 bits per heavy atom. The Kier molecular flexibility index (Phi) is 4.75. The Balaban J connectivity index is 2.40. The second kappa shape index (κ2) is 6.09. The van der Waals surface area contributed by atoms with Gasteiger partial charge in [0.1, 0.15) is 6.61 Å². The molecule has 0 aliphatic heterocycles. The van der Waals surface area contributed by atoms with E-state index in [1.807, 2.05) is 0 Å². The zero-order chi connectivity index (χ0) is 12.0. The predicted octanol–water partition coefficient (Wildman–Crippen LogP) is 0.387. The molecule has 0 aliphatic rings. The van der Waals surface area contributed by atoms with Crippen molar-refractivity contribution in [2.75, 3.05) is 18.5 Å². The van der Waals surface area contributed by atoms with Crippen LogP contribution in [-0.2, 0) is 9.59 Å². The standard InChI is InChI=1S/C10H11ClN2O3/c11-7-1-3-8(4-2-7)13-9(15)5-12-10(16)6-14/h1-4,14H,5-6H2,(H,12,16)(H,13,15). The highest BCUT2D eigenvalue weighted by molar-refractivity contribution is 6.30. The molecule has 1 aromatic rings. The molecule has 0 saturated carbocycles. The van der Waals surface area contributed by atoms with Gasteiger partial charge in [-0.1, -0.05) is 11.6 Å². The molecule has 0 aromatic heterocycles. The van der Waals surface area contributed by atoms with Crippen LogP contribution in [0.3, 0.4) is 0 Å². The van der Waals surface area contributed by atoms with Crippen molar-refractivity contribution in [1.29, 1.82) is 0 Å². The first kappa shape index (κ1) is 12.5. The normalized spacial score (nSPS) is 9.62. The van der Waals surface area contributed by atoms with Crippen molar-refractivity contribution in [3.63, 3.8) is 0 Å². The van der Waals surface area contributed by atoms with Gasteiger partial charge in [-0.25, -0.2) is 0 Å². The number of benzene rings is 1. The van der Waals surface area contributed by atoms with Crippen LogP contribution in [0, 0.1) is 0 Å². The first-order chi connectivity index (χ1) is 7.61. The second-order valence-electron chi connectivity index (χ2n) is 2.99. The smallest absolute Gasteiger partial charge is 0.246 e. The summed E-state index contributed by atoms with van der Waals surface area (Å²) in [5.74, 6) is -0.963. The van der Waals surface area contributed by atoms with Gasteiger partial charge in [-0.2, -0.15) is 0 Å². The molecule has 0 unspecified atom stereocenters. The molecule has 6 heteroatoms. The maximum atomic E-state index is 11.3. The molecule has 1 rings (SSSR count). The fourth-order valence-corrected chi connectivity index (χ4v) is 1.10. The molecule has 0 heterocycles. The lowest BCUT2D eigenvalue weighted by Gasteiger charge is -2.05. The highest BCUT2D eigenvalue weighted by atomic mass is 35.5. The van der Waals surface area contributed by atoms with Crippen molar-refractivity contribution in [3.05, 3.63) is 29.3 Å². The predicted molar refractivity (Wildman–Crippen MR) is 60.2 cm³/mol. The van der Waals surface area contributed by atoms with Crippen LogP contribution < -0.4 is 10.6 Å². The van der Waals surface area contributed by atoms with Crippen LogP contribution in [0.2, 0.25) is 5.02 Å². The SMILES string of the molecule is O=C(CO)NCC(=O)Nc1ccc(Cl)cc1. The van der Waals surface area contributed by atoms with E-state index in [0.29, 0.717) is 10.7 Å². The molecular weight excluding hydrogens is 232 g/mol. The van der Waals surface area contributed by atoms with E-state index < -0.39 is 12.5 Å². The van der Waals surface area contributed by atoms with E-state index in [-0.39, 0.29) is 12.5 Å². The molecule has 16 heavy (non-hydrogen) atoms. The molecule has 2 amide bonds. The lowest BCUT2D eigenvalue weighted by atomic mass is 10.3. The number of carbonyl (C=O) groups is 2. The van der Waals surface area contributed by atoms with E-state index in [2.05, 4.69) is 10.6 Å². The largest absolute Gasteiger partial charge is 0.387 e. The molecule has 0 radical (unpaired) electrons. The number of rotatable bonds is 4. The molecule has 0 spiro atoms. The first-order valence-corrected chi connectivity index (χ1v) is 4.92. The second-order valence-corrected chi connectivity index (χ2v) is 3.43. The average molecular weight is 243 g/mol. The van der Waals surface area contributed by atoms with Gasteiger partial charge in [0, 0.05) is 10.7 Å². The van der Waals surface area contributed by atoms with E-state index in [1.165, 1.54) is 0 Å². The van der Waals surface area contributed by atoms with Gasteiger partial charge in [0.25, 0.3) is 0 Å². The Morgan fingerprint density at radius 3 is 2.38 bits per heavy atom. The first-order valence-electron chi connectivity index (χ1n) is 4.55. The summed E-state index contributed by atoms with van der Waals surface area (Å²) in [5, 5.41) is 13.8. The van der Waals surface area contributed by atoms with E-state index in [1.54, 1.807) is 24.3 Å². The molecule has 5 nitrogen and oxygen atoms in total. The minimum Gasteiger partial charge on any atom is -0.387 e. The summed E-state index contributed by atoms with van der Waals surface area (Å²) in [6.07, 6.45) is 0. The topological polar surface area (TPSA) is 78.4 Å². The summed E-state index contributed by atoms with van der Waals surface area (Å²) in [6.45, 7) is -0.809. The summed E-state index contributed by atoms with van der Waals surface area (Å²) in [7, 11) is 0. The van der Waals surface area contributed by atoms with Gasteiger partial charge in [0.15, 0.2) is 0 Å². The van der Waals surface area contributed by atoms with Crippen molar-refractivity contribution in [2.24, 2.45) is 0 Å². The summed E-state index contributed by atoms with van der Waals surface area (Å²) in [6, 6.07) is 6.58. The number of amides is 2. The summed E-state index contributed by atoms with van der Waals surface area (Å²) in [4.78, 5) is 21.9. The maximum Gasteiger partial charge on any atom is 0.246 e. The van der Waals surface area contributed by atoms with Crippen LogP contribution in [-0.4, -0.2) is 30.1 Å². The minimum absolute atomic E-state index is 0.179. The number of aliphatic hydroxyl groups excluding tert-OH is 1. The molecular formula is C10H11ClN2O3.